The van der Waals surface area contributed by atoms with Crippen LogP contribution in [-0.2, 0) is 0 Å². The predicted octanol–water partition coefficient (Wildman–Crippen LogP) is 5.58. The highest BCUT2D eigenvalue weighted by Crippen LogP contribution is 2.38. The number of aromatic nitrogens is 3. The van der Waals surface area contributed by atoms with Crippen LogP contribution in [0.1, 0.15) is 40.2 Å². The standard InChI is InChI=1S/C22H17Cl2N5O2/c23-15-7-3-13(4-8-15)17-12-18(14-5-9-16(24)10-6-14)29-22(25-17)27-21(28-29)26-20(30)19-2-1-11-31-19/h1-11,17-18H,12H2,(H2,25,26,27,28,30)/t17-,18+/m0/s1. The summed E-state index contributed by atoms with van der Waals surface area (Å²) < 4.78 is 6.93. The number of fused-ring (bicyclic) bond motifs is 1. The molecule has 0 saturated heterocycles. The third-order valence-corrected chi connectivity index (χ3v) is 5.69. The van der Waals surface area contributed by atoms with Crippen LogP contribution in [0.3, 0.4) is 0 Å². The maximum atomic E-state index is 12.4. The van der Waals surface area contributed by atoms with Crippen LogP contribution < -0.4 is 10.6 Å². The van der Waals surface area contributed by atoms with Gasteiger partial charge in [-0.2, -0.15) is 4.98 Å². The lowest BCUT2D eigenvalue weighted by Gasteiger charge is -2.31. The molecule has 156 valence electrons. The molecular formula is C22H17Cl2N5O2. The maximum Gasteiger partial charge on any atom is 0.293 e. The van der Waals surface area contributed by atoms with Crippen molar-refractivity contribution < 1.29 is 9.21 Å². The second kappa shape index (κ2) is 8.09. The smallest absolute Gasteiger partial charge is 0.293 e. The summed E-state index contributed by atoms with van der Waals surface area (Å²) >= 11 is 12.1. The highest BCUT2D eigenvalue weighted by atomic mass is 35.5. The fourth-order valence-corrected chi connectivity index (χ4v) is 3.93. The van der Waals surface area contributed by atoms with Crippen LogP contribution in [0, 0.1) is 0 Å². The number of nitrogens with one attached hydrogen (secondary N) is 2. The fourth-order valence-electron chi connectivity index (χ4n) is 3.68. The minimum absolute atomic E-state index is 0.0109. The molecule has 2 aromatic heterocycles. The van der Waals surface area contributed by atoms with Gasteiger partial charge in [0.05, 0.1) is 18.3 Å². The summed E-state index contributed by atoms with van der Waals surface area (Å²) in [5.74, 6) is 0.528. The average Bonchev–Trinajstić information content (AvgIpc) is 3.44. The van der Waals surface area contributed by atoms with E-state index in [0.29, 0.717) is 16.0 Å². The summed E-state index contributed by atoms with van der Waals surface area (Å²) in [6.07, 6.45) is 2.17. The summed E-state index contributed by atoms with van der Waals surface area (Å²) in [5.41, 5.74) is 2.12. The molecule has 0 spiro atoms. The van der Waals surface area contributed by atoms with E-state index >= 15 is 0 Å². The Morgan fingerprint density at radius 3 is 2.35 bits per heavy atom. The van der Waals surface area contributed by atoms with E-state index in [9.17, 15) is 4.79 Å². The van der Waals surface area contributed by atoms with E-state index in [4.69, 9.17) is 27.6 Å². The minimum Gasteiger partial charge on any atom is -0.459 e. The first-order valence-corrected chi connectivity index (χ1v) is 10.4. The summed E-state index contributed by atoms with van der Waals surface area (Å²) in [6.45, 7) is 0. The number of furan rings is 1. The predicted molar refractivity (Wildman–Crippen MR) is 119 cm³/mol. The van der Waals surface area contributed by atoms with Crippen LogP contribution in [0.15, 0.2) is 71.3 Å². The van der Waals surface area contributed by atoms with Gasteiger partial charge < -0.3 is 9.73 Å². The molecule has 1 amide bonds. The Morgan fingerprint density at radius 2 is 1.71 bits per heavy atom. The van der Waals surface area contributed by atoms with Crippen molar-refractivity contribution in [2.75, 3.05) is 10.6 Å². The molecule has 1 aliphatic rings. The molecule has 3 heterocycles. The van der Waals surface area contributed by atoms with Crippen molar-refractivity contribution in [1.29, 1.82) is 0 Å². The van der Waals surface area contributed by atoms with Crippen molar-refractivity contribution >= 4 is 41.0 Å². The largest absolute Gasteiger partial charge is 0.459 e. The lowest BCUT2D eigenvalue weighted by atomic mass is 9.93. The minimum atomic E-state index is -0.412. The van der Waals surface area contributed by atoms with Gasteiger partial charge >= 0.3 is 0 Å². The average molecular weight is 454 g/mol. The molecular weight excluding hydrogens is 437 g/mol. The topological polar surface area (TPSA) is 85.0 Å². The number of amides is 1. The van der Waals surface area contributed by atoms with Crippen molar-refractivity contribution in [3.63, 3.8) is 0 Å². The normalized spacial score (nSPS) is 17.6. The molecule has 2 atom stereocenters. The Bertz CT molecular complexity index is 1200. The molecule has 0 bridgehead atoms. The van der Waals surface area contributed by atoms with E-state index in [1.807, 2.05) is 48.5 Å². The molecule has 0 saturated carbocycles. The van der Waals surface area contributed by atoms with E-state index < -0.39 is 5.91 Å². The van der Waals surface area contributed by atoms with Gasteiger partial charge in [-0.1, -0.05) is 47.5 Å². The molecule has 9 heteroatoms. The van der Waals surface area contributed by atoms with E-state index in [-0.39, 0.29) is 23.8 Å². The van der Waals surface area contributed by atoms with Gasteiger partial charge in [0, 0.05) is 10.0 Å². The number of anilines is 2. The molecule has 4 aromatic rings. The molecule has 0 fully saturated rings. The molecule has 5 rings (SSSR count). The first kappa shape index (κ1) is 19.7. The van der Waals surface area contributed by atoms with Crippen molar-refractivity contribution in [3.8, 4) is 0 Å². The van der Waals surface area contributed by atoms with Gasteiger partial charge in [-0.25, -0.2) is 4.68 Å². The summed E-state index contributed by atoms with van der Waals surface area (Å²) in [5, 5.41) is 12.0. The molecule has 1 aliphatic heterocycles. The zero-order valence-electron chi connectivity index (χ0n) is 16.1. The Kier molecular flexibility index (Phi) is 5.13. The van der Waals surface area contributed by atoms with Crippen LogP contribution in [0.4, 0.5) is 11.9 Å². The van der Waals surface area contributed by atoms with Gasteiger partial charge in [-0.3, -0.25) is 10.1 Å². The highest BCUT2D eigenvalue weighted by molar-refractivity contribution is 6.30. The van der Waals surface area contributed by atoms with Gasteiger partial charge in [0.25, 0.3) is 11.9 Å². The van der Waals surface area contributed by atoms with Gasteiger partial charge in [-0.05, 0) is 53.9 Å². The molecule has 0 unspecified atom stereocenters. The van der Waals surface area contributed by atoms with Crippen molar-refractivity contribution in [2.45, 2.75) is 18.5 Å². The lowest BCUT2D eigenvalue weighted by Crippen LogP contribution is -2.28. The molecule has 7 nitrogen and oxygen atoms in total. The molecule has 2 N–H and O–H groups in total. The van der Waals surface area contributed by atoms with Gasteiger partial charge in [0.2, 0.25) is 5.95 Å². The lowest BCUT2D eigenvalue weighted by molar-refractivity contribution is 0.0995. The zero-order chi connectivity index (χ0) is 21.4. The number of nitrogens with zero attached hydrogens (tertiary/aromatic N) is 3. The number of carbonyl (C=O) groups is 1. The Balaban J connectivity index is 1.50. The quantitative estimate of drug-likeness (QED) is 0.421. The number of benzene rings is 2. The third-order valence-electron chi connectivity index (χ3n) is 5.19. The summed E-state index contributed by atoms with van der Waals surface area (Å²) in [4.78, 5) is 16.9. The Hall–Kier alpha value is -3.29. The van der Waals surface area contributed by atoms with Crippen LogP contribution in [0.25, 0.3) is 0 Å². The molecule has 2 aromatic carbocycles. The van der Waals surface area contributed by atoms with E-state index in [2.05, 4.69) is 20.7 Å². The first-order chi connectivity index (χ1) is 15.1. The van der Waals surface area contributed by atoms with Gasteiger partial charge in [0.15, 0.2) is 5.76 Å². The van der Waals surface area contributed by atoms with E-state index in [0.717, 1.165) is 17.5 Å². The second-order valence-electron chi connectivity index (χ2n) is 7.19. The van der Waals surface area contributed by atoms with Crippen molar-refractivity contribution in [1.82, 2.24) is 14.8 Å². The Morgan fingerprint density at radius 1 is 1.03 bits per heavy atom. The highest BCUT2D eigenvalue weighted by Gasteiger charge is 2.31. The number of rotatable bonds is 4. The third kappa shape index (κ3) is 4.02. The summed E-state index contributed by atoms with van der Waals surface area (Å²) in [6, 6.07) is 18.5. The first-order valence-electron chi connectivity index (χ1n) is 9.66. The summed E-state index contributed by atoms with van der Waals surface area (Å²) in [7, 11) is 0. The van der Waals surface area contributed by atoms with Crippen molar-refractivity contribution in [3.05, 3.63) is 93.9 Å². The monoisotopic (exact) mass is 453 g/mol. The SMILES string of the molecule is O=C(Nc1nc2n(n1)[C@@H](c1ccc(Cl)cc1)C[C@@H](c1ccc(Cl)cc1)N2)c1ccco1. The Labute approximate surface area is 188 Å². The number of halogens is 2. The van der Waals surface area contributed by atoms with Crippen LogP contribution in [0.5, 0.6) is 0 Å². The molecule has 0 radical (unpaired) electrons. The van der Waals surface area contributed by atoms with Crippen LogP contribution in [0.2, 0.25) is 10.0 Å². The van der Waals surface area contributed by atoms with Crippen molar-refractivity contribution in [2.24, 2.45) is 0 Å². The van der Waals surface area contributed by atoms with Gasteiger partial charge in [-0.15, -0.1) is 5.10 Å². The second-order valence-corrected chi connectivity index (χ2v) is 8.06. The fraction of sp³-hybridized carbons (Fsp3) is 0.136. The van der Waals surface area contributed by atoms with Crippen LogP contribution in [-0.4, -0.2) is 20.7 Å². The van der Waals surface area contributed by atoms with E-state index in [1.165, 1.54) is 6.26 Å². The molecule has 0 aliphatic carbocycles. The maximum absolute atomic E-state index is 12.4. The van der Waals surface area contributed by atoms with Gasteiger partial charge in [0.1, 0.15) is 0 Å². The zero-order valence-corrected chi connectivity index (χ0v) is 17.6. The van der Waals surface area contributed by atoms with Crippen LogP contribution >= 0.6 is 23.2 Å². The molecule has 31 heavy (non-hydrogen) atoms. The number of hydrogen-bond donors (Lipinski definition) is 2. The van der Waals surface area contributed by atoms with E-state index in [1.54, 1.807) is 16.8 Å². The number of carbonyl (C=O) groups excluding carboxylic acids is 1. The number of hydrogen-bond acceptors (Lipinski definition) is 5.